The summed E-state index contributed by atoms with van der Waals surface area (Å²) in [4.78, 5) is 12.5. The van der Waals surface area contributed by atoms with Gasteiger partial charge in [-0.15, -0.1) is 0 Å². The molecule has 0 aromatic heterocycles. The van der Waals surface area contributed by atoms with Crippen molar-refractivity contribution < 1.29 is 22.0 Å². The highest BCUT2D eigenvalue weighted by Gasteiger charge is 2.29. The molecule has 0 saturated carbocycles. The van der Waals surface area contributed by atoms with Crippen LogP contribution in [0, 0.1) is 11.6 Å². The summed E-state index contributed by atoms with van der Waals surface area (Å²) < 4.78 is 51.7. The van der Waals surface area contributed by atoms with Crippen LogP contribution >= 0.6 is 0 Å². The van der Waals surface area contributed by atoms with E-state index in [-0.39, 0.29) is 5.69 Å². The third-order valence-electron chi connectivity index (χ3n) is 3.88. The standard InChI is InChI=1S/C18H20F2N2O3S/c1-4-13-5-7-14(8-6-13)21-18(23)12(2)22(26(3,24)25)15-9-10-16(19)17(20)11-15/h5-12H,4H2,1-3H3,(H,21,23)/t12-/m1/s1. The molecule has 0 radical (unpaired) electrons. The summed E-state index contributed by atoms with van der Waals surface area (Å²) >= 11 is 0. The minimum atomic E-state index is -3.91. The lowest BCUT2D eigenvalue weighted by Crippen LogP contribution is -2.45. The molecule has 0 aliphatic heterocycles. The smallest absolute Gasteiger partial charge is 0.247 e. The van der Waals surface area contributed by atoms with E-state index in [1.807, 2.05) is 19.1 Å². The maximum atomic E-state index is 13.5. The average molecular weight is 382 g/mol. The second-order valence-electron chi connectivity index (χ2n) is 5.87. The highest BCUT2D eigenvalue weighted by atomic mass is 32.2. The molecule has 8 heteroatoms. The molecule has 26 heavy (non-hydrogen) atoms. The monoisotopic (exact) mass is 382 g/mol. The predicted octanol–water partition coefficient (Wildman–Crippen LogP) is 3.32. The van der Waals surface area contributed by atoms with Gasteiger partial charge in [-0.1, -0.05) is 19.1 Å². The number of carbonyl (C=O) groups excluding carboxylic acids is 1. The van der Waals surface area contributed by atoms with Crippen LogP contribution in [0.25, 0.3) is 0 Å². The second kappa shape index (κ2) is 7.82. The zero-order valence-corrected chi connectivity index (χ0v) is 15.5. The molecule has 2 rings (SSSR count). The number of amides is 1. The van der Waals surface area contributed by atoms with Crippen molar-refractivity contribution in [3.8, 4) is 0 Å². The van der Waals surface area contributed by atoms with Gasteiger partial charge in [0.1, 0.15) is 6.04 Å². The molecule has 2 aromatic rings. The summed E-state index contributed by atoms with van der Waals surface area (Å²) in [5.74, 6) is -2.89. The zero-order valence-electron chi connectivity index (χ0n) is 14.7. The quantitative estimate of drug-likeness (QED) is 0.833. The van der Waals surface area contributed by atoms with Crippen molar-refractivity contribution in [1.82, 2.24) is 0 Å². The molecule has 0 aliphatic carbocycles. The van der Waals surface area contributed by atoms with E-state index < -0.39 is 33.6 Å². The molecule has 0 saturated heterocycles. The van der Waals surface area contributed by atoms with Crippen LogP contribution in [-0.4, -0.2) is 26.6 Å². The van der Waals surface area contributed by atoms with Crippen molar-refractivity contribution >= 4 is 27.3 Å². The number of sulfonamides is 1. The summed E-state index contributed by atoms with van der Waals surface area (Å²) in [6, 6.07) is 8.64. The molecule has 0 heterocycles. The largest absolute Gasteiger partial charge is 0.324 e. The summed E-state index contributed by atoms with van der Waals surface area (Å²) in [7, 11) is -3.91. The van der Waals surface area contributed by atoms with E-state index >= 15 is 0 Å². The second-order valence-corrected chi connectivity index (χ2v) is 7.73. The van der Waals surface area contributed by atoms with Gasteiger partial charge in [0.15, 0.2) is 11.6 Å². The van der Waals surface area contributed by atoms with Crippen LogP contribution in [0.1, 0.15) is 19.4 Å². The molecule has 1 atom stereocenters. The maximum Gasteiger partial charge on any atom is 0.247 e. The van der Waals surface area contributed by atoms with Crippen LogP contribution in [0.3, 0.4) is 0 Å². The van der Waals surface area contributed by atoms with Gasteiger partial charge in [-0.3, -0.25) is 9.10 Å². The van der Waals surface area contributed by atoms with Gasteiger partial charge in [0.05, 0.1) is 11.9 Å². The minimum Gasteiger partial charge on any atom is -0.324 e. The first-order valence-electron chi connectivity index (χ1n) is 7.97. The highest BCUT2D eigenvalue weighted by Crippen LogP contribution is 2.24. The first kappa shape index (κ1) is 19.8. The lowest BCUT2D eigenvalue weighted by molar-refractivity contribution is -0.116. The number of hydrogen-bond acceptors (Lipinski definition) is 3. The van der Waals surface area contributed by atoms with Gasteiger partial charge in [-0.05, 0) is 43.2 Å². The zero-order chi connectivity index (χ0) is 19.5. The third kappa shape index (κ3) is 4.57. The molecule has 0 unspecified atom stereocenters. The fourth-order valence-electron chi connectivity index (χ4n) is 2.50. The number of benzene rings is 2. The average Bonchev–Trinajstić information content (AvgIpc) is 2.57. The van der Waals surface area contributed by atoms with E-state index in [2.05, 4.69) is 5.32 Å². The molecular formula is C18H20F2N2O3S. The number of nitrogens with one attached hydrogen (secondary N) is 1. The Kier molecular flexibility index (Phi) is 5.97. The lowest BCUT2D eigenvalue weighted by atomic mass is 10.1. The van der Waals surface area contributed by atoms with Crippen LogP contribution in [0.2, 0.25) is 0 Å². The van der Waals surface area contributed by atoms with E-state index in [0.29, 0.717) is 5.69 Å². The fraction of sp³-hybridized carbons (Fsp3) is 0.278. The lowest BCUT2D eigenvalue weighted by Gasteiger charge is -2.28. The van der Waals surface area contributed by atoms with Crippen LogP contribution < -0.4 is 9.62 Å². The first-order chi connectivity index (χ1) is 12.1. The van der Waals surface area contributed by atoms with Gasteiger partial charge in [0.25, 0.3) is 0 Å². The van der Waals surface area contributed by atoms with Crippen molar-refractivity contribution in [3.63, 3.8) is 0 Å². The molecular weight excluding hydrogens is 362 g/mol. The highest BCUT2D eigenvalue weighted by molar-refractivity contribution is 7.92. The number of anilines is 2. The number of rotatable bonds is 6. The molecule has 0 spiro atoms. The Bertz CT molecular complexity index is 899. The molecule has 1 amide bonds. The van der Waals surface area contributed by atoms with Crippen molar-refractivity contribution in [2.24, 2.45) is 0 Å². The summed E-state index contributed by atoms with van der Waals surface area (Å²) in [6.45, 7) is 3.37. The summed E-state index contributed by atoms with van der Waals surface area (Å²) in [5.41, 5.74) is 1.48. The van der Waals surface area contributed by atoms with Gasteiger partial charge < -0.3 is 5.32 Å². The van der Waals surface area contributed by atoms with Crippen molar-refractivity contribution in [3.05, 3.63) is 59.7 Å². The van der Waals surface area contributed by atoms with Crippen LogP contribution in [-0.2, 0) is 21.2 Å². The van der Waals surface area contributed by atoms with Gasteiger partial charge in [0.2, 0.25) is 15.9 Å². The molecule has 0 bridgehead atoms. The summed E-state index contributed by atoms with van der Waals surface area (Å²) in [5, 5.41) is 2.63. The third-order valence-corrected chi connectivity index (χ3v) is 5.12. The molecule has 0 aliphatic rings. The Morgan fingerprint density at radius 1 is 1.12 bits per heavy atom. The van der Waals surface area contributed by atoms with E-state index in [1.165, 1.54) is 6.92 Å². The predicted molar refractivity (Wildman–Crippen MR) is 97.6 cm³/mol. The molecule has 1 N–H and O–H groups in total. The molecule has 0 fully saturated rings. The van der Waals surface area contributed by atoms with Crippen molar-refractivity contribution in [2.45, 2.75) is 26.3 Å². The van der Waals surface area contributed by atoms with Crippen LogP contribution in [0.15, 0.2) is 42.5 Å². The van der Waals surface area contributed by atoms with Crippen LogP contribution in [0.5, 0.6) is 0 Å². The maximum absolute atomic E-state index is 13.5. The first-order valence-corrected chi connectivity index (χ1v) is 9.82. The fourth-order valence-corrected chi connectivity index (χ4v) is 3.67. The van der Waals surface area contributed by atoms with Crippen molar-refractivity contribution in [2.75, 3.05) is 15.9 Å². The van der Waals surface area contributed by atoms with E-state index in [0.717, 1.165) is 40.7 Å². The Hall–Kier alpha value is -2.48. The van der Waals surface area contributed by atoms with Gasteiger partial charge in [-0.2, -0.15) is 0 Å². The van der Waals surface area contributed by atoms with E-state index in [4.69, 9.17) is 0 Å². The number of aryl methyl sites for hydroxylation is 1. The normalized spacial score (nSPS) is 12.5. The Labute approximate surface area is 151 Å². The topological polar surface area (TPSA) is 66.5 Å². The van der Waals surface area contributed by atoms with E-state index in [9.17, 15) is 22.0 Å². The number of nitrogens with zero attached hydrogens (tertiary/aromatic N) is 1. The number of carbonyl (C=O) groups is 1. The molecule has 5 nitrogen and oxygen atoms in total. The van der Waals surface area contributed by atoms with Gasteiger partial charge in [0, 0.05) is 11.8 Å². The van der Waals surface area contributed by atoms with Gasteiger partial charge in [-0.25, -0.2) is 17.2 Å². The molecule has 140 valence electrons. The molecule has 2 aromatic carbocycles. The van der Waals surface area contributed by atoms with Crippen LogP contribution in [0.4, 0.5) is 20.2 Å². The minimum absolute atomic E-state index is 0.129. The van der Waals surface area contributed by atoms with Crippen molar-refractivity contribution in [1.29, 1.82) is 0 Å². The Morgan fingerprint density at radius 2 is 1.73 bits per heavy atom. The van der Waals surface area contributed by atoms with E-state index in [1.54, 1.807) is 12.1 Å². The summed E-state index contributed by atoms with van der Waals surface area (Å²) in [6.07, 6.45) is 1.75. The Balaban J connectivity index is 2.29. The number of hydrogen-bond donors (Lipinski definition) is 1. The Morgan fingerprint density at radius 3 is 2.23 bits per heavy atom. The SMILES string of the molecule is CCc1ccc(NC(=O)[C@@H](C)N(c2ccc(F)c(F)c2)S(C)(=O)=O)cc1. The van der Waals surface area contributed by atoms with Gasteiger partial charge >= 0.3 is 0 Å². The number of halogens is 2.